The Labute approximate surface area is 101 Å². The fourth-order valence-electron chi connectivity index (χ4n) is 2.14. The first-order valence-corrected chi connectivity index (χ1v) is 5.96. The molecular weight excluding hydrogens is 218 g/mol. The smallest absolute Gasteiger partial charge is 0.223 e. The number of nitrogen functional groups attached to an aromatic ring is 1. The molecular formula is C11H19N5O. The number of aliphatic hydroxyl groups excluding tert-OH is 1. The molecule has 1 fully saturated rings. The van der Waals surface area contributed by atoms with Crippen molar-refractivity contribution in [2.24, 2.45) is 0 Å². The van der Waals surface area contributed by atoms with Crippen molar-refractivity contribution in [2.75, 3.05) is 23.4 Å². The Bertz CT molecular complexity index is 384. The van der Waals surface area contributed by atoms with Gasteiger partial charge in [-0.05, 0) is 12.8 Å². The SMILES string of the molecule is CNc1cc(NC2CCCCC2O)nc(N)n1. The number of nitrogens with two attached hydrogens (primary N) is 1. The summed E-state index contributed by atoms with van der Waals surface area (Å²) in [4.78, 5) is 8.13. The molecule has 94 valence electrons. The van der Waals surface area contributed by atoms with Crippen LogP contribution in [0.2, 0.25) is 0 Å². The summed E-state index contributed by atoms with van der Waals surface area (Å²) in [5.74, 6) is 1.56. The fraction of sp³-hybridized carbons (Fsp3) is 0.636. The van der Waals surface area contributed by atoms with Crippen molar-refractivity contribution in [3.63, 3.8) is 0 Å². The zero-order valence-electron chi connectivity index (χ0n) is 9.98. The number of aromatic nitrogens is 2. The minimum Gasteiger partial charge on any atom is -0.391 e. The Morgan fingerprint density at radius 2 is 2.00 bits per heavy atom. The zero-order valence-corrected chi connectivity index (χ0v) is 9.98. The molecule has 5 N–H and O–H groups in total. The third-order valence-electron chi connectivity index (χ3n) is 3.06. The van der Waals surface area contributed by atoms with Gasteiger partial charge in [0.1, 0.15) is 11.6 Å². The first kappa shape index (κ1) is 11.9. The molecule has 17 heavy (non-hydrogen) atoms. The van der Waals surface area contributed by atoms with E-state index in [4.69, 9.17) is 5.73 Å². The number of aliphatic hydroxyl groups is 1. The van der Waals surface area contributed by atoms with Crippen LogP contribution in [0.25, 0.3) is 0 Å². The molecule has 6 nitrogen and oxygen atoms in total. The van der Waals surface area contributed by atoms with Gasteiger partial charge in [-0.1, -0.05) is 12.8 Å². The van der Waals surface area contributed by atoms with Crippen molar-refractivity contribution in [1.29, 1.82) is 0 Å². The molecule has 1 aliphatic carbocycles. The van der Waals surface area contributed by atoms with E-state index in [1.807, 2.05) is 0 Å². The standard InChI is InChI=1S/C11H19N5O/c1-13-9-6-10(16-11(12)15-9)14-7-4-2-3-5-8(7)17/h6-8,17H,2-5H2,1H3,(H4,12,13,14,15,16). The summed E-state index contributed by atoms with van der Waals surface area (Å²) in [6.45, 7) is 0. The van der Waals surface area contributed by atoms with Gasteiger partial charge in [0.15, 0.2) is 0 Å². The number of rotatable bonds is 3. The largest absolute Gasteiger partial charge is 0.391 e. The van der Waals surface area contributed by atoms with Gasteiger partial charge in [-0.15, -0.1) is 0 Å². The molecule has 1 saturated carbocycles. The first-order chi connectivity index (χ1) is 8.19. The van der Waals surface area contributed by atoms with E-state index in [9.17, 15) is 5.11 Å². The number of nitrogens with one attached hydrogen (secondary N) is 2. The van der Waals surface area contributed by atoms with Gasteiger partial charge in [0.2, 0.25) is 5.95 Å². The third-order valence-corrected chi connectivity index (χ3v) is 3.06. The summed E-state index contributed by atoms with van der Waals surface area (Å²) < 4.78 is 0. The number of anilines is 3. The molecule has 2 unspecified atom stereocenters. The quantitative estimate of drug-likeness (QED) is 0.621. The van der Waals surface area contributed by atoms with Crippen molar-refractivity contribution in [3.05, 3.63) is 6.07 Å². The van der Waals surface area contributed by atoms with Crippen LogP contribution in [0, 0.1) is 0 Å². The molecule has 0 saturated heterocycles. The molecule has 0 aromatic carbocycles. The van der Waals surface area contributed by atoms with Crippen LogP contribution in [0.1, 0.15) is 25.7 Å². The molecule has 1 aliphatic rings. The maximum Gasteiger partial charge on any atom is 0.223 e. The Morgan fingerprint density at radius 3 is 2.71 bits per heavy atom. The molecule has 6 heteroatoms. The maximum atomic E-state index is 9.87. The van der Waals surface area contributed by atoms with Crippen LogP contribution in [-0.2, 0) is 0 Å². The van der Waals surface area contributed by atoms with Gasteiger partial charge in [-0.3, -0.25) is 0 Å². The highest BCUT2D eigenvalue weighted by Crippen LogP contribution is 2.22. The van der Waals surface area contributed by atoms with E-state index < -0.39 is 0 Å². The average molecular weight is 237 g/mol. The Balaban J connectivity index is 2.09. The van der Waals surface area contributed by atoms with E-state index >= 15 is 0 Å². The van der Waals surface area contributed by atoms with E-state index in [1.165, 1.54) is 0 Å². The van der Waals surface area contributed by atoms with Crippen molar-refractivity contribution in [1.82, 2.24) is 9.97 Å². The number of nitrogens with zero attached hydrogens (tertiary/aromatic N) is 2. The normalized spacial score (nSPS) is 24.4. The summed E-state index contributed by atoms with van der Waals surface area (Å²) in [5, 5.41) is 16.0. The van der Waals surface area contributed by atoms with Crippen molar-refractivity contribution < 1.29 is 5.11 Å². The van der Waals surface area contributed by atoms with Gasteiger partial charge in [0.25, 0.3) is 0 Å². The van der Waals surface area contributed by atoms with Crippen LogP contribution in [0.4, 0.5) is 17.6 Å². The van der Waals surface area contributed by atoms with Crippen molar-refractivity contribution >= 4 is 17.6 Å². The molecule has 1 aromatic heterocycles. The second kappa shape index (κ2) is 5.18. The predicted octanol–water partition coefficient (Wildman–Crippen LogP) is 0.816. The van der Waals surface area contributed by atoms with Gasteiger partial charge in [0.05, 0.1) is 12.1 Å². The van der Waals surface area contributed by atoms with Gasteiger partial charge in [-0.25, -0.2) is 0 Å². The third kappa shape index (κ3) is 2.97. The lowest BCUT2D eigenvalue weighted by Crippen LogP contribution is -2.36. The first-order valence-electron chi connectivity index (χ1n) is 5.96. The Morgan fingerprint density at radius 1 is 1.29 bits per heavy atom. The second-order valence-corrected chi connectivity index (χ2v) is 4.35. The summed E-state index contributed by atoms with van der Waals surface area (Å²) in [5.41, 5.74) is 5.61. The number of hydrogen-bond donors (Lipinski definition) is 4. The lowest BCUT2D eigenvalue weighted by Gasteiger charge is -2.28. The highest BCUT2D eigenvalue weighted by atomic mass is 16.3. The van der Waals surface area contributed by atoms with Crippen LogP contribution in [0.15, 0.2) is 6.07 Å². The predicted molar refractivity (Wildman–Crippen MR) is 67.9 cm³/mol. The number of hydrogen-bond acceptors (Lipinski definition) is 6. The van der Waals surface area contributed by atoms with Crippen molar-refractivity contribution in [2.45, 2.75) is 37.8 Å². The van der Waals surface area contributed by atoms with Gasteiger partial charge < -0.3 is 21.5 Å². The van der Waals surface area contributed by atoms with Gasteiger partial charge >= 0.3 is 0 Å². The van der Waals surface area contributed by atoms with E-state index in [0.717, 1.165) is 25.7 Å². The lowest BCUT2D eigenvalue weighted by molar-refractivity contribution is 0.116. The summed E-state index contributed by atoms with van der Waals surface area (Å²) >= 11 is 0. The summed E-state index contributed by atoms with van der Waals surface area (Å²) in [6, 6.07) is 1.85. The lowest BCUT2D eigenvalue weighted by atomic mass is 9.93. The molecule has 1 aromatic rings. The molecule has 1 heterocycles. The van der Waals surface area contributed by atoms with Crippen LogP contribution in [0.3, 0.4) is 0 Å². The second-order valence-electron chi connectivity index (χ2n) is 4.35. The Kier molecular flexibility index (Phi) is 3.63. The minimum absolute atomic E-state index is 0.0581. The van der Waals surface area contributed by atoms with E-state index in [1.54, 1.807) is 13.1 Å². The zero-order chi connectivity index (χ0) is 12.3. The van der Waals surface area contributed by atoms with Crippen LogP contribution in [-0.4, -0.2) is 34.3 Å². The average Bonchev–Trinajstić information content (AvgIpc) is 2.31. The van der Waals surface area contributed by atoms with Crippen molar-refractivity contribution in [3.8, 4) is 0 Å². The van der Waals surface area contributed by atoms with Crippen LogP contribution in [0.5, 0.6) is 0 Å². The molecule has 0 amide bonds. The molecule has 2 atom stereocenters. The maximum absolute atomic E-state index is 9.87. The fourth-order valence-corrected chi connectivity index (χ4v) is 2.14. The molecule has 0 aliphatic heterocycles. The molecule has 0 radical (unpaired) electrons. The summed E-state index contributed by atoms with van der Waals surface area (Å²) in [6.07, 6.45) is 3.72. The van der Waals surface area contributed by atoms with E-state index in [0.29, 0.717) is 11.6 Å². The molecule has 0 spiro atoms. The van der Waals surface area contributed by atoms with E-state index in [2.05, 4.69) is 20.6 Å². The highest BCUT2D eigenvalue weighted by Gasteiger charge is 2.23. The van der Waals surface area contributed by atoms with Crippen LogP contribution >= 0.6 is 0 Å². The van der Waals surface area contributed by atoms with Gasteiger partial charge in [-0.2, -0.15) is 9.97 Å². The van der Waals surface area contributed by atoms with E-state index in [-0.39, 0.29) is 18.1 Å². The van der Waals surface area contributed by atoms with Crippen LogP contribution < -0.4 is 16.4 Å². The monoisotopic (exact) mass is 237 g/mol. The Hall–Kier alpha value is -1.56. The summed E-state index contributed by atoms with van der Waals surface area (Å²) in [7, 11) is 1.78. The molecule has 0 bridgehead atoms. The highest BCUT2D eigenvalue weighted by molar-refractivity contribution is 5.51. The molecule has 2 rings (SSSR count). The van der Waals surface area contributed by atoms with Gasteiger partial charge in [0, 0.05) is 13.1 Å². The topological polar surface area (TPSA) is 96.1 Å². The minimum atomic E-state index is -0.307.